The molecule has 2 aliphatic rings. The van der Waals surface area contributed by atoms with Crippen molar-refractivity contribution < 1.29 is 14.7 Å². The van der Waals surface area contributed by atoms with Gasteiger partial charge in [0.2, 0.25) is 5.91 Å². The van der Waals surface area contributed by atoms with Gasteiger partial charge in [0.1, 0.15) is 0 Å². The summed E-state index contributed by atoms with van der Waals surface area (Å²) >= 11 is 0. The van der Waals surface area contributed by atoms with Gasteiger partial charge < -0.3 is 10.4 Å². The van der Waals surface area contributed by atoms with Crippen LogP contribution in [0.25, 0.3) is 0 Å². The Kier molecular flexibility index (Phi) is 3.08. The normalized spacial score (nSPS) is 30.6. The number of nitrogens with zero attached hydrogens (tertiary/aromatic N) is 2. The fourth-order valence-electron chi connectivity index (χ4n) is 3.39. The predicted octanol–water partition coefficient (Wildman–Crippen LogP) is 0.559. The highest BCUT2D eigenvalue weighted by atomic mass is 16.4. The minimum absolute atomic E-state index is 0.00615. The van der Waals surface area contributed by atoms with Crippen molar-refractivity contribution in [2.75, 3.05) is 0 Å². The molecule has 1 fully saturated rings. The molecule has 1 heterocycles. The summed E-state index contributed by atoms with van der Waals surface area (Å²) in [6, 6.07) is 0. The van der Waals surface area contributed by atoms with E-state index >= 15 is 0 Å². The van der Waals surface area contributed by atoms with E-state index in [1.807, 2.05) is 25.4 Å². The van der Waals surface area contributed by atoms with Gasteiger partial charge in [-0.25, -0.2) is 0 Å². The third-order valence-corrected chi connectivity index (χ3v) is 4.27. The molecule has 1 amide bonds. The minimum Gasteiger partial charge on any atom is -0.481 e. The Hall–Kier alpha value is -2.11. The van der Waals surface area contributed by atoms with Crippen molar-refractivity contribution >= 4 is 11.9 Å². The summed E-state index contributed by atoms with van der Waals surface area (Å²) in [4.78, 5) is 23.7. The number of nitrogens with one attached hydrogen (secondary N) is 1. The van der Waals surface area contributed by atoms with E-state index in [9.17, 15) is 14.7 Å². The van der Waals surface area contributed by atoms with Crippen LogP contribution in [0, 0.1) is 23.7 Å². The number of carboxylic acid groups (broad SMARTS) is 1. The predicted molar refractivity (Wildman–Crippen MR) is 70.4 cm³/mol. The molecule has 0 spiro atoms. The van der Waals surface area contributed by atoms with Crippen LogP contribution in [0.3, 0.4) is 0 Å². The number of aliphatic carboxylic acids is 1. The topological polar surface area (TPSA) is 84.2 Å². The van der Waals surface area contributed by atoms with Gasteiger partial charge in [-0.2, -0.15) is 5.10 Å². The van der Waals surface area contributed by atoms with Crippen LogP contribution >= 0.6 is 0 Å². The van der Waals surface area contributed by atoms with Gasteiger partial charge >= 0.3 is 5.97 Å². The maximum atomic E-state index is 12.3. The number of amides is 1. The minimum atomic E-state index is -0.872. The number of fused-ring (bicyclic) bond motifs is 2. The molecule has 0 unspecified atom stereocenters. The fourth-order valence-corrected chi connectivity index (χ4v) is 3.39. The number of rotatable bonds is 4. The third kappa shape index (κ3) is 2.11. The Morgan fingerprint density at radius 2 is 2.10 bits per heavy atom. The second kappa shape index (κ2) is 4.77. The molecule has 0 aromatic carbocycles. The van der Waals surface area contributed by atoms with Gasteiger partial charge in [0.05, 0.1) is 18.0 Å². The van der Waals surface area contributed by atoms with Crippen LogP contribution in [0.4, 0.5) is 0 Å². The third-order valence-electron chi connectivity index (χ3n) is 4.27. The smallest absolute Gasteiger partial charge is 0.307 e. The van der Waals surface area contributed by atoms with Crippen molar-refractivity contribution in [3.8, 4) is 0 Å². The summed E-state index contributed by atoms with van der Waals surface area (Å²) < 4.78 is 1.67. The number of aromatic nitrogens is 2. The SMILES string of the molecule is Cn1cc(CNC(=O)[C@H]2[C@H](C(=O)O)[C@H]3C=C[C@H]2C3)cn1. The molecule has 20 heavy (non-hydrogen) atoms. The molecule has 3 rings (SSSR count). The molecule has 0 aliphatic heterocycles. The average molecular weight is 275 g/mol. The first-order valence-electron chi connectivity index (χ1n) is 6.72. The van der Waals surface area contributed by atoms with E-state index in [0.717, 1.165) is 12.0 Å². The van der Waals surface area contributed by atoms with Gasteiger partial charge in [-0.3, -0.25) is 14.3 Å². The van der Waals surface area contributed by atoms with E-state index in [1.165, 1.54) is 0 Å². The largest absolute Gasteiger partial charge is 0.481 e. The molecule has 4 atom stereocenters. The summed E-state index contributed by atoms with van der Waals surface area (Å²) in [5.74, 6) is -2.00. The van der Waals surface area contributed by atoms with Crippen molar-refractivity contribution in [3.63, 3.8) is 0 Å². The van der Waals surface area contributed by atoms with Gasteiger partial charge in [-0.15, -0.1) is 0 Å². The molecule has 2 bridgehead atoms. The number of hydrogen-bond acceptors (Lipinski definition) is 3. The summed E-state index contributed by atoms with van der Waals surface area (Å²) in [6.45, 7) is 0.386. The lowest BCUT2D eigenvalue weighted by Crippen LogP contribution is -2.39. The van der Waals surface area contributed by atoms with Crippen LogP contribution < -0.4 is 5.32 Å². The first-order valence-corrected chi connectivity index (χ1v) is 6.72. The highest BCUT2D eigenvalue weighted by Crippen LogP contribution is 2.48. The number of carbonyl (C=O) groups excluding carboxylic acids is 1. The zero-order valence-corrected chi connectivity index (χ0v) is 11.2. The lowest BCUT2D eigenvalue weighted by molar-refractivity contribution is -0.147. The Balaban J connectivity index is 1.67. The van der Waals surface area contributed by atoms with Gasteiger partial charge in [0.15, 0.2) is 0 Å². The first-order chi connectivity index (χ1) is 9.56. The summed E-state index contributed by atoms with van der Waals surface area (Å²) in [5.41, 5.74) is 0.909. The van der Waals surface area contributed by atoms with Crippen molar-refractivity contribution in [1.82, 2.24) is 15.1 Å². The molecule has 1 aromatic heterocycles. The van der Waals surface area contributed by atoms with Gasteiger partial charge in [-0.1, -0.05) is 12.2 Å². The van der Waals surface area contributed by atoms with E-state index in [2.05, 4.69) is 10.4 Å². The molecule has 2 aliphatic carbocycles. The van der Waals surface area contributed by atoms with E-state index in [1.54, 1.807) is 10.9 Å². The van der Waals surface area contributed by atoms with Crippen LogP contribution in [-0.2, 0) is 23.2 Å². The zero-order valence-electron chi connectivity index (χ0n) is 11.2. The standard InChI is InChI=1S/C14H17N3O3/c1-17-7-8(6-16-17)5-15-13(18)11-9-2-3-10(4-9)12(11)14(19)20/h2-3,6-7,9-12H,4-5H2,1H3,(H,15,18)(H,19,20)/t9-,10-,11+,12+/m0/s1. The second-order valence-corrected chi connectivity index (χ2v) is 5.58. The first kappa shape index (κ1) is 12.9. The molecule has 6 heteroatoms. The molecule has 1 saturated carbocycles. The number of carboxylic acids is 1. The maximum absolute atomic E-state index is 12.3. The lowest BCUT2D eigenvalue weighted by Gasteiger charge is -2.23. The number of allylic oxidation sites excluding steroid dienone is 2. The molecular weight excluding hydrogens is 258 g/mol. The molecule has 2 N–H and O–H groups in total. The van der Waals surface area contributed by atoms with Gasteiger partial charge in [0, 0.05) is 25.4 Å². The molecule has 0 saturated heterocycles. The highest BCUT2D eigenvalue weighted by molar-refractivity contribution is 5.86. The number of carbonyl (C=O) groups is 2. The van der Waals surface area contributed by atoms with Gasteiger partial charge in [-0.05, 0) is 18.3 Å². The quantitative estimate of drug-likeness (QED) is 0.786. The molecule has 1 aromatic rings. The van der Waals surface area contributed by atoms with Crippen molar-refractivity contribution in [2.24, 2.45) is 30.7 Å². The molecular formula is C14H17N3O3. The Morgan fingerprint density at radius 3 is 2.70 bits per heavy atom. The zero-order chi connectivity index (χ0) is 14.3. The Morgan fingerprint density at radius 1 is 1.40 bits per heavy atom. The van der Waals surface area contributed by atoms with Gasteiger partial charge in [0.25, 0.3) is 0 Å². The van der Waals surface area contributed by atoms with Crippen LogP contribution in [0.1, 0.15) is 12.0 Å². The van der Waals surface area contributed by atoms with E-state index in [4.69, 9.17) is 0 Å². The Bertz CT molecular complexity index is 578. The highest BCUT2D eigenvalue weighted by Gasteiger charge is 2.51. The average Bonchev–Trinajstić information content (AvgIpc) is 3.10. The van der Waals surface area contributed by atoms with Crippen molar-refractivity contribution in [2.45, 2.75) is 13.0 Å². The van der Waals surface area contributed by atoms with Crippen LogP contribution in [0.2, 0.25) is 0 Å². The summed E-state index contributed by atoms with van der Waals surface area (Å²) in [7, 11) is 1.81. The number of hydrogen-bond donors (Lipinski definition) is 2. The fraction of sp³-hybridized carbons (Fsp3) is 0.500. The van der Waals surface area contributed by atoms with Crippen LogP contribution in [0.5, 0.6) is 0 Å². The monoisotopic (exact) mass is 275 g/mol. The van der Waals surface area contributed by atoms with Crippen LogP contribution in [-0.4, -0.2) is 26.8 Å². The number of aryl methyl sites for hydroxylation is 1. The lowest BCUT2D eigenvalue weighted by atomic mass is 9.82. The van der Waals surface area contributed by atoms with E-state index in [-0.39, 0.29) is 17.7 Å². The Labute approximate surface area is 116 Å². The van der Waals surface area contributed by atoms with Crippen LogP contribution in [0.15, 0.2) is 24.5 Å². The molecule has 0 radical (unpaired) electrons. The summed E-state index contributed by atoms with van der Waals surface area (Å²) in [6.07, 6.45) is 8.22. The second-order valence-electron chi connectivity index (χ2n) is 5.58. The van der Waals surface area contributed by atoms with E-state index in [0.29, 0.717) is 6.54 Å². The van der Waals surface area contributed by atoms with Crippen molar-refractivity contribution in [3.05, 3.63) is 30.1 Å². The summed E-state index contributed by atoms with van der Waals surface area (Å²) in [5, 5.41) is 16.2. The molecule has 106 valence electrons. The maximum Gasteiger partial charge on any atom is 0.307 e. The van der Waals surface area contributed by atoms with Crippen molar-refractivity contribution in [1.29, 1.82) is 0 Å². The molecule has 6 nitrogen and oxygen atoms in total. The van der Waals surface area contributed by atoms with E-state index < -0.39 is 17.8 Å².